The van der Waals surface area contributed by atoms with Gasteiger partial charge in [0.25, 0.3) is 0 Å². The molecule has 0 heterocycles. The van der Waals surface area contributed by atoms with Crippen molar-refractivity contribution in [3.63, 3.8) is 0 Å². The molecule has 0 bridgehead atoms. The summed E-state index contributed by atoms with van der Waals surface area (Å²) in [4.78, 5) is 4.10. The van der Waals surface area contributed by atoms with Crippen LogP contribution in [0, 0.1) is 0 Å². The lowest BCUT2D eigenvalue weighted by Gasteiger charge is -2.15. The van der Waals surface area contributed by atoms with E-state index in [9.17, 15) is 13.2 Å². The number of benzene rings is 1. The lowest BCUT2D eigenvalue weighted by Crippen LogP contribution is -2.08. The summed E-state index contributed by atoms with van der Waals surface area (Å²) in [7, 11) is 0. The van der Waals surface area contributed by atoms with Gasteiger partial charge in [-0.3, -0.25) is 5.26 Å². The minimum absolute atomic E-state index is 0.213. The first kappa shape index (κ1) is 12.7. The van der Waals surface area contributed by atoms with Gasteiger partial charge in [0.2, 0.25) is 0 Å². The second kappa shape index (κ2) is 4.67. The number of alkyl halides is 3. The fourth-order valence-electron chi connectivity index (χ4n) is 1.31. The van der Waals surface area contributed by atoms with Gasteiger partial charge in [0.05, 0.1) is 5.56 Å². The van der Waals surface area contributed by atoms with E-state index < -0.39 is 17.8 Å². The summed E-state index contributed by atoms with van der Waals surface area (Å²) in [5.41, 5.74) is -0.153. The van der Waals surface area contributed by atoms with E-state index in [2.05, 4.69) is 11.5 Å². The molecule has 1 aromatic rings. The summed E-state index contributed by atoms with van der Waals surface area (Å²) in [6.07, 6.45) is -5.35. The van der Waals surface area contributed by atoms with E-state index >= 15 is 0 Å². The molecule has 5 heteroatoms. The van der Waals surface area contributed by atoms with Gasteiger partial charge in [-0.1, -0.05) is 18.7 Å². The van der Waals surface area contributed by atoms with Crippen molar-refractivity contribution in [3.8, 4) is 0 Å². The van der Waals surface area contributed by atoms with Crippen LogP contribution in [0.2, 0.25) is 0 Å². The van der Waals surface area contributed by atoms with E-state index in [1.165, 1.54) is 12.1 Å². The van der Waals surface area contributed by atoms with Crippen molar-refractivity contribution in [2.75, 3.05) is 0 Å². The molecule has 1 atom stereocenters. The van der Waals surface area contributed by atoms with Gasteiger partial charge in [-0.05, 0) is 30.2 Å². The van der Waals surface area contributed by atoms with Crippen molar-refractivity contribution >= 4 is 0 Å². The molecular formula is C11H11F3O2. The second-order valence-electron chi connectivity index (χ2n) is 3.46. The predicted octanol–water partition coefficient (Wildman–Crippen LogP) is 3.81. The Morgan fingerprint density at radius 2 is 2.06 bits per heavy atom. The van der Waals surface area contributed by atoms with Crippen LogP contribution in [-0.4, -0.2) is 5.26 Å². The minimum Gasteiger partial charge on any atom is -0.251 e. The van der Waals surface area contributed by atoms with Gasteiger partial charge in [0.1, 0.15) is 6.10 Å². The summed E-state index contributed by atoms with van der Waals surface area (Å²) in [6, 6.07) is 4.57. The zero-order chi connectivity index (χ0) is 12.3. The fraction of sp³-hybridized carbons (Fsp3) is 0.273. The molecule has 1 unspecified atom stereocenters. The number of hydrogen-bond acceptors (Lipinski definition) is 2. The van der Waals surface area contributed by atoms with E-state index in [1.54, 1.807) is 6.92 Å². The molecule has 0 saturated carbocycles. The number of hydrogen-bond donors (Lipinski definition) is 1. The maximum atomic E-state index is 12.4. The third kappa shape index (κ3) is 2.84. The van der Waals surface area contributed by atoms with Gasteiger partial charge in [-0.2, -0.15) is 13.2 Å². The highest BCUT2D eigenvalue weighted by molar-refractivity contribution is 5.30. The maximum Gasteiger partial charge on any atom is 0.416 e. The zero-order valence-corrected chi connectivity index (χ0v) is 8.58. The Morgan fingerprint density at radius 3 is 2.50 bits per heavy atom. The van der Waals surface area contributed by atoms with Gasteiger partial charge in [0, 0.05) is 0 Å². The normalized spacial score (nSPS) is 13.6. The third-order valence-electron chi connectivity index (χ3n) is 2.07. The first-order valence-corrected chi connectivity index (χ1v) is 4.49. The Morgan fingerprint density at radius 1 is 1.44 bits per heavy atom. The van der Waals surface area contributed by atoms with Crippen LogP contribution in [0.5, 0.6) is 0 Å². The van der Waals surface area contributed by atoms with Crippen LogP contribution in [0.4, 0.5) is 13.2 Å². The van der Waals surface area contributed by atoms with Crippen molar-refractivity contribution in [3.05, 3.63) is 47.5 Å². The molecule has 0 saturated heterocycles. The molecule has 88 valence electrons. The van der Waals surface area contributed by atoms with E-state index in [-0.39, 0.29) is 5.56 Å². The standard InChI is InChI=1S/C11H11F3O2/c1-7(2)10(16-15)8-4-3-5-9(6-8)11(12,13)14/h3-6,10,15H,1H2,2H3. The molecule has 0 fully saturated rings. The monoisotopic (exact) mass is 232 g/mol. The van der Waals surface area contributed by atoms with Crippen LogP contribution < -0.4 is 0 Å². The molecule has 0 spiro atoms. The molecule has 1 N–H and O–H groups in total. The van der Waals surface area contributed by atoms with E-state index in [0.29, 0.717) is 5.57 Å². The van der Waals surface area contributed by atoms with Crippen LogP contribution in [0.15, 0.2) is 36.4 Å². The quantitative estimate of drug-likeness (QED) is 0.487. The zero-order valence-electron chi connectivity index (χ0n) is 8.58. The molecular weight excluding hydrogens is 221 g/mol. The van der Waals surface area contributed by atoms with Crippen molar-refractivity contribution < 1.29 is 23.3 Å². The SMILES string of the molecule is C=C(C)C(OO)c1cccc(C(F)(F)F)c1. The lowest BCUT2D eigenvalue weighted by atomic mass is 10.0. The Labute approximate surface area is 90.9 Å². The molecule has 0 radical (unpaired) electrons. The average molecular weight is 232 g/mol. The van der Waals surface area contributed by atoms with Gasteiger partial charge in [0.15, 0.2) is 0 Å². The molecule has 16 heavy (non-hydrogen) atoms. The predicted molar refractivity (Wildman–Crippen MR) is 52.7 cm³/mol. The molecule has 1 aromatic carbocycles. The Bertz CT molecular complexity index is 385. The molecule has 0 aliphatic heterocycles. The summed E-state index contributed by atoms with van der Waals surface area (Å²) in [5.74, 6) is 0. The summed E-state index contributed by atoms with van der Waals surface area (Å²) >= 11 is 0. The van der Waals surface area contributed by atoms with Gasteiger partial charge in [-0.25, -0.2) is 4.89 Å². The summed E-state index contributed by atoms with van der Waals surface area (Å²) in [5, 5.41) is 8.60. The molecule has 0 aromatic heterocycles. The van der Waals surface area contributed by atoms with Gasteiger partial charge < -0.3 is 0 Å². The van der Waals surface area contributed by atoms with Crippen LogP contribution in [0.25, 0.3) is 0 Å². The third-order valence-corrected chi connectivity index (χ3v) is 2.07. The Hall–Kier alpha value is -1.33. The largest absolute Gasteiger partial charge is 0.416 e. The van der Waals surface area contributed by atoms with Crippen LogP contribution in [-0.2, 0) is 11.1 Å². The summed E-state index contributed by atoms with van der Waals surface area (Å²) in [6.45, 7) is 5.08. The lowest BCUT2D eigenvalue weighted by molar-refractivity contribution is -0.271. The second-order valence-corrected chi connectivity index (χ2v) is 3.46. The highest BCUT2D eigenvalue weighted by Gasteiger charge is 2.31. The van der Waals surface area contributed by atoms with Crippen molar-refractivity contribution in [1.82, 2.24) is 0 Å². The molecule has 0 aliphatic rings. The van der Waals surface area contributed by atoms with Gasteiger partial charge >= 0.3 is 6.18 Å². The average Bonchev–Trinajstić information content (AvgIpc) is 2.17. The molecule has 1 rings (SSSR count). The maximum absolute atomic E-state index is 12.4. The van der Waals surface area contributed by atoms with Crippen molar-refractivity contribution in [1.29, 1.82) is 0 Å². The highest BCUT2D eigenvalue weighted by Crippen LogP contribution is 2.32. The number of rotatable bonds is 3. The Kier molecular flexibility index (Phi) is 3.72. The van der Waals surface area contributed by atoms with E-state index in [0.717, 1.165) is 12.1 Å². The Balaban J connectivity index is 3.11. The van der Waals surface area contributed by atoms with Crippen LogP contribution >= 0.6 is 0 Å². The highest BCUT2D eigenvalue weighted by atomic mass is 19.4. The molecule has 0 aliphatic carbocycles. The van der Waals surface area contributed by atoms with E-state index in [4.69, 9.17) is 5.26 Å². The molecule has 2 nitrogen and oxygen atoms in total. The van der Waals surface area contributed by atoms with Crippen molar-refractivity contribution in [2.45, 2.75) is 19.2 Å². The first-order valence-electron chi connectivity index (χ1n) is 4.49. The smallest absolute Gasteiger partial charge is 0.251 e. The number of halogens is 3. The first-order chi connectivity index (χ1) is 7.36. The van der Waals surface area contributed by atoms with E-state index in [1.807, 2.05) is 0 Å². The minimum atomic E-state index is -4.41. The molecule has 0 amide bonds. The van der Waals surface area contributed by atoms with Crippen LogP contribution in [0.1, 0.15) is 24.2 Å². The van der Waals surface area contributed by atoms with Gasteiger partial charge in [-0.15, -0.1) is 0 Å². The topological polar surface area (TPSA) is 29.5 Å². The van der Waals surface area contributed by atoms with Crippen LogP contribution in [0.3, 0.4) is 0 Å². The summed E-state index contributed by atoms with van der Waals surface area (Å²) < 4.78 is 37.2. The van der Waals surface area contributed by atoms with Crippen molar-refractivity contribution in [2.24, 2.45) is 0 Å². The fourth-order valence-corrected chi connectivity index (χ4v) is 1.31.